The number of carboxylic acid groups (broad SMARTS) is 1. The molecule has 2 N–H and O–H groups in total. The number of piperidine rings is 1. The van der Waals surface area contributed by atoms with Crippen LogP contribution in [0.15, 0.2) is 47.4 Å². The summed E-state index contributed by atoms with van der Waals surface area (Å²) in [4.78, 5) is 13.2. The molecule has 0 saturated carbocycles. The van der Waals surface area contributed by atoms with Crippen LogP contribution in [-0.2, 0) is 10.0 Å². The molecule has 0 aromatic heterocycles. The smallest absolute Gasteiger partial charge is 0.335 e. The van der Waals surface area contributed by atoms with Crippen molar-refractivity contribution in [2.45, 2.75) is 24.7 Å². The minimum Gasteiger partial charge on any atom is -0.478 e. The second-order valence-corrected chi connectivity index (χ2v) is 8.48. The monoisotopic (exact) mass is 392 g/mol. The molecule has 0 bridgehead atoms. The molecule has 0 radical (unpaired) electrons. The topological polar surface area (TPSA) is 86.7 Å². The summed E-state index contributed by atoms with van der Waals surface area (Å²) in [7, 11) is -4.06. The number of carbonyl (C=O) groups is 1. The summed E-state index contributed by atoms with van der Waals surface area (Å²) in [5.74, 6) is -1.37. The van der Waals surface area contributed by atoms with E-state index in [1.807, 2.05) is 4.90 Å². The van der Waals surface area contributed by atoms with Crippen LogP contribution in [0.3, 0.4) is 0 Å². The fraction of sp³-hybridized carbons (Fsp3) is 0.316. The molecular weight excluding hydrogens is 371 g/mol. The number of aromatic carboxylic acids is 1. The molecule has 2 aromatic carbocycles. The van der Waals surface area contributed by atoms with Gasteiger partial charge in [-0.1, -0.05) is 13.0 Å². The van der Waals surface area contributed by atoms with E-state index in [2.05, 4.69) is 11.6 Å². The highest BCUT2D eigenvalue weighted by Crippen LogP contribution is 2.32. The van der Waals surface area contributed by atoms with Gasteiger partial charge in [-0.05, 0) is 55.2 Å². The van der Waals surface area contributed by atoms with E-state index in [0.717, 1.165) is 38.1 Å². The molecule has 1 atom stereocenters. The molecule has 1 aliphatic rings. The lowest BCUT2D eigenvalue weighted by Crippen LogP contribution is -2.35. The van der Waals surface area contributed by atoms with Crippen LogP contribution in [0.5, 0.6) is 0 Å². The van der Waals surface area contributed by atoms with E-state index in [-0.39, 0.29) is 16.1 Å². The van der Waals surface area contributed by atoms with Gasteiger partial charge in [0.15, 0.2) is 0 Å². The second-order valence-electron chi connectivity index (χ2n) is 6.79. The highest BCUT2D eigenvalue weighted by atomic mass is 32.2. The molecule has 3 rings (SSSR count). The van der Waals surface area contributed by atoms with Gasteiger partial charge in [-0.2, -0.15) is 0 Å². The van der Waals surface area contributed by atoms with Gasteiger partial charge >= 0.3 is 5.97 Å². The van der Waals surface area contributed by atoms with Crippen LogP contribution in [-0.4, -0.2) is 32.6 Å². The summed E-state index contributed by atoms with van der Waals surface area (Å²) in [6.07, 6.45) is 2.06. The molecule has 1 aliphatic heterocycles. The standard InChI is InChI=1S/C19H21FN2O4S/c1-13-4-3-9-22(12-13)18-8-7-14(19(23)24)10-17(18)21-27(25,26)16-6-2-5-15(20)11-16/h2,5-8,10-11,13,21H,3-4,9,12H2,1H3,(H,23,24)/t13-/m0/s1. The van der Waals surface area contributed by atoms with E-state index in [0.29, 0.717) is 11.6 Å². The summed E-state index contributed by atoms with van der Waals surface area (Å²) in [6, 6.07) is 9.05. The number of carboxylic acids is 1. The maximum absolute atomic E-state index is 13.4. The third-order valence-corrected chi connectivity index (χ3v) is 5.96. The molecule has 0 aliphatic carbocycles. The van der Waals surface area contributed by atoms with E-state index in [1.54, 1.807) is 6.07 Å². The predicted molar refractivity (Wildman–Crippen MR) is 101 cm³/mol. The van der Waals surface area contributed by atoms with E-state index in [1.165, 1.54) is 24.3 Å². The number of hydrogen-bond acceptors (Lipinski definition) is 4. The van der Waals surface area contributed by atoms with Crippen molar-refractivity contribution in [3.63, 3.8) is 0 Å². The number of nitrogens with one attached hydrogen (secondary N) is 1. The van der Waals surface area contributed by atoms with Crippen molar-refractivity contribution in [3.05, 3.63) is 53.8 Å². The molecule has 0 unspecified atom stereocenters. The van der Waals surface area contributed by atoms with Crippen LogP contribution in [0.4, 0.5) is 15.8 Å². The molecule has 1 heterocycles. The zero-order valence-corrected chi connectivity index (χ0v) is 15.7. The number of benzene rings is 2. The molecular formula is C19H21FN2O4S. The molecule has 144 valence electrons. The third kappa shape index (κ3) is 4.39. The quantitative estimate of drug-likeness (QED) is 0.812. The normalized spacial score (nSPS) is 17.6. The molecule has 6 nitrogen and oxygen atoms in total. The van der Waals surface area contributed by atoms with Crippen molar-refractivity contribution in [2.24, 2.45) is 5.92 Å². The number of nitrogens with zero attached hydrogens (tertiary/aromatic N) is 1. The van der Waals surface area contributed by atoms with Gasteiger partial charge in [0.2, 0.25) is 0 Å². The van der Waals surface area contributed by atoms with Gasteiger partial charge in [-0.25, -0.2) is 17.6 Å². The average molecular weight is 392 g/mol. The molecule has 1 saturated heterocycles. The first-order valence-corrected chi connectivity index (χ1v) is 10.2. The molecule has 8 heteroatoms. The van der Waals surface area contributed by atoms with Crippen molar-refractivity contribution < 1.29 is 22.7 Å². The Morgan fingerprint density at radius 3 is 2.70 bits per heavy atom. The molecule has 1 fully saturated rings. The number of anilines is 2. The summed E-state index contributed by atoms with van der Waals surface area (Å²) in [6.45, 7) is 3.63. The Hall–Kier alpha value is -2.61. The molecule has 27 heavy (non-hydrogen) atoms. The van der Waals surface area contributed by atoms with Gasteiger partial charge in [-0.3, -0.25) is 4.72 Å². The van der Waals surface area contributed by atoms with Crippen molar-refractivity contribution in [2.75, 3.05) is 22.7 Å². The second kappa shape index (κ2) is 7.56. The Morgan fingerprint density at radius 1 is 1.26 bits per heavy atom. The van der Waals surface area contributed by atoms with E-state index in [4.69, 9.17) is 0 Å². The van der Waals surface area contributed by atoms with E-state index >= 15 is 0 Å². The lowest BCUT2D eigenvalue weighted by Gasteiger charge is -2.34. The van der Waals surface area contributed by atoms with E-state index in [9.17, 15) is 22.7 Å². The largest absolute Gasteiger partial charge is 0.478 e. The van der Waals surface area contributed by atoms with Crippen molar-refractivity contribution in [1.82, 2.24) is 0 Å². The summed E-state index contributed by atoms with van der Waals surface area (Å²) in [5.41, 5.74) is 0.764. The number of sulfonamides is 1. The average Bonchev–Trinajstić information content (AvgIpc) is 2.61. The molecule has 0 amide bonds. The Labute approximate surface area is 157 Å². The Kier molecular flexibility index (Phi) is 5.36. The van der Waals surface area contributed by atoms with Gasteiger partial charge in [0, 0.05) is 13.1 Å². The van der Waals surface area contributed by atoms with Crippen LogP contribution < -0.4 is 9.62 Å². The first kappa shape index (κ1) is 19.2. The highest BCUT2D eigenvalue weighted by Gasteiger charge is 2.23. The number of halogens is 1. The van der Waals surface area contributed by atoms with Crippen LogP contribution in [0.25, 0.3) is 0 Å². The first-order chi connectivity index (χ1) is 12.8. The SMILES string of the molecule is C[C@H]1CCCN(c2ccc(C(=O)O)cc2NS(=O)(=O)c2cccc(F)c2)C1. The fourth-order valence-electron chi connectivity index (χ4n) is 3.27. The molecule has 2 aromatic rings. The lowest BCUT2D eigenvalue weighted by molar-refractivity contribution is 0.0697. The summed E-state index contributed by atoms with van der Waals surface area (Å²) >= 11 is 0. The maximum atomic E-state index is 13.4. The van der Waals surface area contributed by atoms with Gasteiger partial charge in [0.25, 0.3) is 10.0 Å². The van der Waals surface area contributed by atoms with Crippen LogP contribution in [0.1, 0.15) is 30.1 Å². The predicted octanol–water partition coefficient (Wildman–Crippen LogP) is 3.56. The van der Waals surface area contributed by atoms with Crippen LogP contribution in [0, 0.1) is 11.7 Å². The van der Waals surface area contributed by atoms with Gasteiger partial charge in [0.1, 0.15) is 5.82 Å². The van der Waals surface area contributed by atoms with Crippen molar-refractivity contribution in [1.29, 1.82) is 0 Å². The van der Waals surface area contributed by atoms with Crippen molar-refractivity contribution >= 4 is 27.4 Å². The van der Waals surface area contributed by atoms with Gasteiger partial charge < -0.3 is 10.0 Å². The fourth-order valence-corrected chi connectivity index (χ4v) is 4.37. The summed E-state index contributed by atoms with van der Waals surface area (Å²) < 4.78 is 41.3. The molecule has 0 spiro atoms. The lowest BCUT2D eigenvalue weighted by atomic mass is 9.99. The van der Waals surface area contributed by atoms with Crippen LogP contribution in [0.2, 0.25) is 0 Å². The van der Waals surface area contributed by atoms with Gasteiger partial charge in [-0.15, -0.1) is 0 Å². The van der Waals surface area contributed by atoms with Crippen molar-refractivity contribution in [3.8, 4) is 0 Å². The zero-order chi connectivity index (χ0) is 19.6. The zero-order valence-electron chi connectivity index (χ0n) is 14.9. The summed E-state index contributed by atoms with van der Waals surface area (Å²) in [5, 5.41) is 9.26. The van der Waals surface area contributed by atoms with Crippen LogP contribution >= 0.6 is 0 Å². The Bertz CT molecular complexity index is 962. The maximum Gasteiger partial charge on any atom is 0.335 e. The number of rotatable bonds is 5. The first-order valence-electron chi connectivity index (χ1n) is 8.67. The third-order valence-electron chi connectivity index (χ3n) is 4.59. The highest BCUT2D eigenvalue weighted by molar-refractivity contribution is 7.92. The Balaban J connectivity index is 2.01. The minimum atomic E-state index is -4.06. The number of hydrogen-bond donors (Lipinski definition) is 2. The minimum absolute atomic E-state index is 0.0271. The Morgan fingerprint density at radius 2 is 2.04 bits per heavy atom. The van der Waals surface area contributed by atoms with Gasteiger partial charge in [0.05, 0.1) is 21.8 Å². The van der Waals surface area contributed by atoms with E-state index < -0.39 is 21.8 Å².